The molecule has 0 saturated heterocycles. The first-order valence-corrected chi connectivity index (χ1v) is 9.85. The number of hydrogen-bond donors (Lipinski definition) is 1. The Kier molecular flexibility index (Phi) is 7.56. The minimum absolute atomic E-state index is 0.0783. The monoisotopic (exact) mass is 424 g/mol. The Labute approximate surface area is 179 Å². The lowest BCUT2D eigenvalue weighted by molar-refractivity contribution is -0.142. The van der Waals surface area contributed by atoms with Gasteiger partial charge < -0.3 is 4.74 Å². The van der Waals surface area contributed by atoms with Gasteiger partial charge in [0.25, 0.3) is 0 Å². The lowest BCUT2D eigenvalue weighted by Gasteiger charge is -2.18. The maximum Gasteiger partial charge on any atom is 0.319 e. The third kappa shape index (κ3) is 6.02. The summed E-state index contributed by atoms with van der Waals surface area (Å²) in [7, 11) is 0. The lowest BCUT2D eigenvalue weighted by atomic mass is 9.95. The number of pyridine rings is 1. The molecule has 0 radical (unpaired) electrons. The summed E-state index contributed by atoms with van der Waals surface area (Å²) in [5, 5.41) is 2.89. The van der Waals surface area contributed by atoms with Gasteiger partial charge in [-0.25, -0.2) is 8.78 Å². The van der Waals surface area contributed by atoms with E-state index in [0.717, 1.165) is 23.3 Å². The summed E-state index contributed by atoms with van der Waals surface area (Å²) in [6, 6.07) is 13.4. The fraction of sp³-hybridized carbons (Fsp3) is 0.208. The van der Waals surface area contributed by atoms with Gasteiger partial charge in [0, 0.05) is 18.0 Å². The normalized spacial score (nSPS) is 11.7. The Bertz CT molecular complexity index is 1060. The molecule has 1 heterocycles. The Balaban J connectivity index is 1.85. The van der Waals surface area contributed by atoms with Crippen LogP contribution in [-0.2, 0) is 16.0 Å². The van der Waals surface area contributed by atoms with Crippen LogP contribution in [0.3, 0.4) is 0 Å². The van der Waals surface area contributed by atoms with E-state index in [1.807, 2.05) is 18.2 Å². The number of nitrogens with one attached hydrogen (secondary N) is 1. The molecule has 0 aliphatic rings. The zero-order valence-corrected chi connectivity index (χ0v) is 17.0. The van der Waals surface area contributed by atoms with Crippen molar-refractivity contribution in [1.29, 1.82) is 0 Å². The minimum Gasteiger partial charge on any atom is -0.465 e. The van der Waals surface area contributed by atoms with Gasteiger partial charge in [-0.1, -0.05) is 24.3 Å². The highest BCUT2D eigenvalue weighted by Gasteiger charge is 2.22. The zero-order chi connectivity index (χ0) is 22.2. The molecule has 0 fully saturated rings. The van der Waals surface area contributed by atoms with Crippen LogP contribution in [0.1, 0.15) is 22.8 Å². The van der Waals surface area contributed by atoms with E-state index >= 15 is 0 Å². The van der Waals surface area contributed by atoms with E-state index in [-0.39, 0.29) is 25.4 Å². The molecular formula is C24H22F2N2O3. The summed E-state index contributed by atoms with van der Waals surface area (Å²) in [4.78, 5) is 29.0. The molecule has 1 aromatic heterocycles. The van der Waals surface area contributed by atoms with Gasteiger partial charge >= 0.3 is 5.97 Å². The third-order valence-electron chi connectivity index (χ3n) is 4.70. The Morgan fingerprint density at radius 1 is 1.00 bits per heavy atom. The van der Waals surface area contributed by atoms with Crippen LogP contribution in [0, 0.1) is 11.6 Å². The Morgan fingerprint density at radius 2 is 1.77 bits per heavy atom. The van der Waals surface area contributed by atoms with Gasteiger partial charge in [0.2, 0.25) is 0 Å². The topological polar surface area (TPSA) is 68.3 Å². The van der Waals surface area contributed by atoms with Crippen molar-refractivity contribution in [2.75, 3.05) is 13.2 Å². The van der Waals surface area contributed by atoms with E-state index in [1.165, 1.54) is 6.07 Å². The number of rotatable bonds is 9. The standard InChI is InChI=1S/C24H22F2N2O3/c1-2-31-23(29)15-28-22(13-16-6-7-20(25)21(26)12-16)24(30)19-5-3-4-18(14-19)17-8-10-27-11-9-17/h3-12,14,22,28H,2,13,15H2,1H3/t22-/m0/s1. The summed E-state index contributed by atoms with van der Waals surface area (Å²) < 4.78 is 31.8. The highest BCUT2D eigenvalue weighted by Crippen LogP contribution is 2.21. The van der Waals surface area contributed by atoms with E-state index in [0.29, 0.717) is 11.1 Å². The van der Waals surface area contributed by atoms with E-state index in [2.05, 4.69) is 10.3 Å². The molecule has 5 nitrogen and oxygen atoms in total. The van der Waals surface area contributed by atoms with Crippen molar-refractivity contribution < 1.29 is 23.1 Å². The van der Waals surface area contributed by atoms with Gasteiger partial charge in [0.05, 0.1) is 19.2 Å². The van der Waals surface area contributed by atoms with E-state index in [4.69, 9.17) is 4.74 Å². The summed E-state index contributed by atoms with van der Waals surface area (Å²) in [5.41, 5.74) is 2.60. The molecule has 0 unspecified atom stereocenters. The summed E-state index contributed by atoms with van der Waals surface area (Å²) in [6.45, 7) is 1.72. The molecule has 0 saturated carbocycles. The maximum absolute atomic E-state index is 13.6. The van der Waals surface area contributed by atoms with E-state index < -0.39 is 23.6 Å². The zero-order valence-electron chi connectivity index (χ0n) is 17.0. The number of carbonyl (C=O) groups is 2. The summed E-state index contributed by atoms with van der Waals surface area (Å²) >= 11 is 0. The fourth-order valence-electron chi connectivity index (χ4n) is 3.18. The molecule has 31 heavy (non-hydrogen) atoms. The van der Waals surface area contributed by atoms with Crippen molar-refractivity contribution in [3.63, 3.8) is 0 Å². The summed E-state index contributed by atoms with van der Waals surface area (Å²) in [5.74, 6) is -2.73. The predicted octanol–water partition coefficient (Wildman–Crippen LogP) is 3.97. The predicted molar refractivity (Wildman–Crippen MR) is 112 cm³/mol. The Hall–Kier alpha value is -3.45. The van der Waals surface area contributed by atoms with Crippen molar-refractivity contribution in [3.05, 3.63) is 89.8 Å². The van der Waals surface area contributed by atoms with Crippen LogP contribution in [0.25, 0.3) is 11.1 Å². The van der Waals surface area contributed by atoms with Crippen molar-refractivity contribution in [2.24, 2.45) is 0 Å². The number of hydrogen-bond acceptors (Lipinski definition) is 5. The number of Topliss-reactive ketones (excluding diaryl/α,β-unsaturated/α-hetero) is 1. The summed E-state index contributed by atoms with van der Waals surface area (Å²) in [6.07, 6.45) is 3.40. The number of benzene rings is 2. The first-order valence-electron chi connectivity index (χ1n) is 9.85. The third-order valence-corrected chi connectivity index (χ3v) is 4.70. The number of aromatic nitrogens is 1. The number of ketones is 1. The largest absolute Gasteiger partial charge is 0.465 e. The fourth-order valence-corrected chi connectivity index (χ4v) is 3.18. The van der Waals surface area contributed by atoms with Crippen LogP contribution in [-0.4, -0.2) is 35.9 Å². The smallest absolute Gasteiger partial charge is 0.319 e. The molecule has 0 aliphatic heterocycles. The first kappa shape index (κ1) is 22.2. The van der Waals surface area contributed by atoms with Crippen LogP contribution in [0.2, 0.25) is 0 Å². The van der Waals surface area contributed by atoms with Crippen LogP contribution in [0.5, 0.6) is 0 Å². The molecule has 1 N–H and O–H groups in total. The Morgan fingerprint density at radius 3 is 2.48 bits per heavy atom. The molecule has 3 rings (SSSR count). The average molecular weight is 424 g/mol. The van der Waals surface area contributed by atoms with Gasteiger partial charge in [0.1, 0.15) is 0 Å². The van der Waals surface area contributed by atoms with E-state index in [9.17, 15) is 18.4 Å². The second-order valence-electron chi connectivity index (χ2n) is 6.87. The van der Waals surface area contributed by atoms with Crippen LogP contribution < -0.4 is 5.32 Å². The van der Waals surface area contributed by atoms with Gasteiger partial charge in [-0.15, -0.1) is 0 Å². The molecule has 0 spiro atoms. The highest BCUT2D eigenvalue weighted by atomic mass is 19.2. The van der Waals surface area contributed by atoms with E-state index in [1.54, 1.807) is 37.5 Å². The molecule has 0 amide bonds. The first-order chi connectivity index (χ1) is 15.0. The van der Waals surface area contributed by atoms with Gasteiger partial charge in [-0.3, -0.25) is 19.9 Å². The molecule has 7 heteroatoms. The number of esters is 1. The highest BCUT2D eigenvalue weighted by molar-refractivity contribution is 6.01. The van der Waals surface area contributed by atoms with Gasteiger partial charge in [-0.05, 0) is 60.4 Å². The van der Waals surface area contributed by atoms with Crippen molar-refractivity contribution >= 4 is 11.8 Å². The molecule has 0 aliphatic carbocycles. The van der Waals surface area contributed by atoms with Crippen LogP contribution in [0.4, 0.5) is 8.78 Å². The van der Waals surface area contributed by atoms with Gasteiger partial charge in [-0.2, -0.15) is 0 Å². The van der Waals surface area contributed by atoms with Crippen molar-refractivity contribution in [3.8, 4) is 11.1 Å². The second kappa shape index (κ2) is 10.5. The average Bonchev–Trinajstić information content (AvgIpc) is 2.79. The molecule has 2 aromatic carbocycles. The molecule has 160 valence electrons. The molecule has 1 atom stereocenters. The number of nitrogens with zero attached hydrogens (tertiary/aromatic N) is 1. The molecule has 3 aromatic rings. The maximum atomic E-state index is 13.6. The van der Waals surface area contributed by atoms with Crippen molar-refractivity contribution in [2.45, 2.75) is 19.4 Å². The number of carbonyl (C=O) groups excluding carboxylic acids is 2. The van der Waals surface area contributed by atoms with Crippen LogP contribution in [0.15, 0.2) is 67.0 Å². The van der Waals surface area contributed by atoms with Crippen molar-refractivity contribution in [1.82, 2.24) is 10.3 Å². The SMILES string of the molecule is CCOC(=O)CN[C@@H](Cc1ccc(F)c(F)c1)C(=O)c1cccc(-c2ccncc2)c1. The van der Waals surface area contributed by atoms with Crippen LogP contribution >= 0.6 is 0 Å². The quantitative estimate of drug-likeness (QED) is 0.416. The lowest BCUT2D eigenvalue weighted by Crippen LogP contribution is -2.42. The number of halogens is 2. The molecule has 0 bridgehead atoms. The second-order valence-corrected chi connectivity index (χ2v) is 6.87. The number of ether oxygens (including phenoxy) is 1. The minimum atomic E-state index is -0.992. The molecular weight excluding hydrogens is 402 g/mol. The van der Waals surface area contributed by atoms with Gasteiger partial charge in [0.15, 0.2) is 17.4 Å².